The van der Waals surface area contributed by atoms with Gasteiger partial charge in [0.1, 0.15) is 16.5 Å². The van der Waals surface area contributed by atoms with Gasteiger partial charge in [0.15, 0.2) is 0 Å². The van der Waals surface area contributed by atoms with Crippen LogP contribution in [-0.2, 0) is 13.5 Å². The Kier molecular flexibility index (Phi) is 3.53. The van der Waals surface area contributed by atoms with E-state index in [1.165, 1.54) is 5.56 Å². The molecule has 0 aliphatic rings. The monoisotopic (exact) mass is 340 g/mol. The van der Waals surface area contributed by atoms with Gasteiger partial charge in [-0.3, -0.25) is 4.68 Å². The van der Waals surface area contributed by atoms with Crippen LogP contribution >= 0.6 is 11.3 Å². The summed E-state index contributed by atoms with van der Waals surface area (Å²) in [5.41, 5.74) is 3.03. The number of benzene rings is 1. The van der Waals surface area contributed by atoms with E-state index in [1.807, 2.05) is 44.3 Å². The Bertz CT molecular complexity index is 998. The van der Waals surface area contributed by atoms with Gasteiger partial charge >= 0.3 is 0 Å². The zero-order valence-electron chi connectivity index (χ0n) is 13.6. The highest BCUT2D eigenvalue weighted by Gasteiger charge is 2.16. The fourth-order valence-corrected chi connectivity index (χ4v) is 3.49. The van der Waals surface area contributed by atoms with E-state index in [0.29, 0.717) is 5.82 Å². The Hall–Kier alpha value is -2.74. The van der Waals surface area contributed by atoms with Crippen molar-refractivity contribution < 1.29 is 4.74 Å². The summed E-state index contributed by atoms with van der Waals surface area (Å²) < 4.78 is 8.78. The highest BCUT2D eigenvalue weighted by atomic mass is 32.1. The molecule has 24 heavy (non-hydrogen) atoms. The van der Waals surface area contributed by atoms with E-state index in [9.17, 15) is 0 Å². The normalized spacial score (nSPS) is 11.3. The molecule has 7 nitrogen and oxygen atoms in total. The summed E-state index contributed by atoms with van der Waals surface area (Å²) in [7, 11) is 3.56. The third-order valence-corrected chi connectivity index (χ3v) is 4.68. The molecule has 122 valence electrons. The summed E-state index contributed by atoms with van der Waals surface area (Å²) >= 11 is 1.55. The van der Waals surface area contributed by atoms with E-state index in [0.717, 1.165) is 33.5 Å². The smallest absolute Gasteiger partial charge is 0.235 e. The van der Waals surface area contributed by atoms with Crippen molar-refractivity contribution in [1.82, 2.24) is 29.6 Å². The first-order valence-electron chi connectivity index (χ1n) is 7.49. The van der Waals surface area contributed by atoms with E-state index in [4.69, 9.17) is 4.74 Å². The van der Waals surface area contributed by atoms with Crippen LogP contribution in [0.2, 0.25) is 0 Å². The van der Waals surface area contributed by atoms with Crippen LogP contribution in [0.15, 0.2) is 30.3 Å². The molecule has 0 aliphatic carbocycles. The average Bonchev–Trinajstić information content (AvgIpc) is 3.22. The van der Waals surface area contributed by atoms with E-state index in [1.54, 1.807) is 27.6 Å². The van der Waals surface area contributed by atoms with E-state index in [-0.39, 0.29) is 0 Å². The molecule has 0 aliphatic heterocycles. The molecule has 0 radical (unpaired) electrons. The molecule has 8 heteroatoms. The molecule has 0 saturated heterocycles. The lowest BCUT2D eigenvalue weighted by molar-refractivity contribution is 0.414. The van der Waals surface area contributed by atoms with Crippen LogP contribution in [0.4, 0.5) is 0 Å². The zero-order valence-corrected chi connectivity index (χ0v) is 14.4. The van der Waals surface area contributed by atoms with E-state index >= 15 is 0 Å². The summed E-state index contributed by atoms with van der Waals surface area (Å²) in [6.45, 7) is 1.96. The molecule has 0 amide bonds. The lowest BCUT2D eigenvalue weighted by Gasteiger charge is -2.01. The lowest BCUT2D eigenvalue weighted by atomic mass is 10.1. The summed E-state index contributed by atoms with van der Waals surface area (Å²) in [6, 6.07) is 10.00. The molecular weight excluding hydrogens is 324 g/mol. The van der Waals surface area contributed by atoms with Gasteiger partial charge in [-0.05, 0) is 30.7 Å². The van der Waals surface area contributed by atoms with E-state index in [2.05, 4.69) is 20.4 Å². The third kappa shape index (κ3) is 2.54. The van der Waals surface area contributed by atoms with Crippen molar-refractivity contribution in [3.05, 3.63) is 46.6 Å². The fourth-order valence-electron chi connectivity index (χ4n) is 2.63. The second-order valence-corrected chi connectivity index (χ2v) is 6.57. The second kappa shape index (κ2) is 5.72. The van der Waals surface area contributed by atoms with E-state index < -0.39 is 0 Å². The van der Waals surface area contributed by atoms with Crippen molar-refractivity contribution in [2.75, 3.05) is 7.11 Å². The molecule has 0 fully saturated rings. The van der Waals surface area contributed by atoms with Gasteiger partial charge in [-0.1, -0.05) is 23.5 Å². The lowest BCUT2D eigenvalue weighted by Crippen LogP contribution is -1.99. The van der Waals surface area contributed by atoms with Gasteiger partial charge in [0.25, 0.3) is 0 Å². The summed E-state index contributed by atoms with van der Waals surface area (Å²) in [4.78, 5) is 0.785. The molecule has 1 aromatic carbocycles. The van der Waals surface area contributed by atoms with Gasteiger partial charge in [0, 0.05) is 13.5 Å². The standard InChI is InChI=1S/C16H16N6OS/c1-10-8-13(21(2)19-10)15-17-18-16-22(15)20-14(24-16)9-11-4-6-12(23-3)7-5-11/h4-8H,9H2,1-3H3. The highest BCUT2D eigenvalue weighted by Crippen LogP contribution is 2.23. The molecule has 0 saturated carbocycles. The summed E-state index contributed by atoms with van der Waals surface area (Å²) in [5, 5.41) is 18.5. The molecule has 4 aromatic rings. The van der Waals surface area contributed by atoms with Crippen LogP contribution in [0, 0.1) is 6.92 Å². The number of ether oxygens (including phenoxy) is 1. The first-order chi connectivity index (χ1) is 11.6. The molecule has 3 heterocycles. The van der Waals surface area contributed by atoms with Crippen LogP contribution < -0.4 is 4.74 Å². The SMILES string of the molecule is COc1ccc(Cc2nn3c(-c4cc(C)nn4C)nnc3s2)cc1. The van der Waals surface area contributed by atoms with Crippen molar-refractivity contribution in [2.45, 2.75) is 13.3 Å². The number of aromatic nitrogens is 6. The summed E-state index contributed by atoms with van der Waals surface area (Å²) in [6.07, 6.45) is 0.752. The van der Waals surface area contributed by atoms with Gasteiger partial charge in [-0.25, -0.2) is 0 Å². The molecule has 0 unspecified atom stereocenters. The maximum absolute atomic E-state index is 5.19. The van der Waals surface area contributed by atoms with Crippen LogP contribution in [0.5, 0.6) is 5.75 Å². The Balaban J connectivity index is 1.67. The first kappa shape index (κ1) is 14.8. The molecule has 4 rings (SSSR count). The summed E-state index contributed by atoms with van der Waals surface area (Å²) in [5.74, 6) is 1.57. The number of nitrogens with zero attached hydrogens (tertiary/aromatic N) is 6. The maximum atomic E-state index is 5.19. The predicted octanol–water partition coefficient (Wildman–Crippen LogP) is 2.49. The minimum Gasteiger partial charge on any atom is -0.497 e. The quantitative estimate of drug-likeness (QED) is 0.571. The van der Waals surface area contributed by atoms with Crippen molar-refractivity contribution in [3.63, 3.8) is 0 Å². The van der Waals surface area contributed by atoms with Crippen molar-refractivity contribution >= 4 is 16.3 Å². The number of rotatable bonds is 4. The molecule has 3 aromatic heterocycles. The second-order valence-electron chi connectivity index (χ2n) is 5.53. The van der Waals surface area contributed by atoms with Gasteiger partial charge in [-0.15, -0.1) is 10.2 Å². The first-order valence-corrected chi connectivity index (χ1v) is 8.31. The van der Waals surface area contributed by atoms with Crippen LogP contribution in [0.3, 0.4) is 0 Å². The Labute approximate surface area is 142 Å². The molecule has 0 spiro atoms. The average molecular weight is 340 g/mol. The Morgan fingerprint density at radius 2 is 1.92 bits per heavy atom. The Morgan fingerprint density at radius 1 is 1.12 bits per heavy atom. The van der Waals surface area contributed by atoms with Crippen LogP contribution in [0.25, 0.3) is 16.5 Å². The number of hydrogen-bond acceptors (Lipinski definition) is 6. The van der Waals surface area contributed by atoms with Crippen molar-refractivity contribution in [1.29, 1.82) is 0 Å². The largest absolute Gasteiger partial charge is 0.497 e. The minimum atomic E-state index is 0.713. The van der Waals surface area contributed by atoms with Gasteiger partial charge in [0.05, 0.1) is 12.8 Å². The molecule has 0 N–H and O–H groups in total. The predicted molar refractivity (Wildman–Crippen MR) is 91.4 cm³/mol. The highest BCUT2D eigenvalue weighted by molar-refractivity contribution is 7.16. The fraction of sp³-hybridized carbons (Fsp3) is 0.250. The van der Waals surface area contributed by atoms with Gasteiger partial charge < -0.3 is 4.74 Å². The molecule has 0 bridgehead atoms. The Morgan fingerprint density at radius 3 is 2.58 bits per heavy atom. The van der Waals surface area contributed by atoms with Crippen molar-refractivity contribution in [2.24, 2.45) is 7.05 Å². The molecular formula is C16H16N6OS. The van der Waals surface area contributed by atoms with Gasteiger partial charge in [0.2, 0.25) is 10.8 Å². The zero-order chi connectivity index (χ0) is 16.7. The van der Waals surface area contributed by atoms with Gasteiger partial charge in [-0.2, -0.15) is 14.7 Å². The number of methoxy groups -OCH3 is 1. The topological polar surface area (TPSA) is 70.1 Å². The van der Waals surface area contributed by atoms with Crippen LogP contribution in [-0.4, -0.2) is 36.7 Å². The third-order valence-electron chi connectivity index (χ3n) is 3.78. The number of fused-ring (bicyclic) bond motifs is 1. The van der Waals surface area contributed by atoms with Crippen LogP contribution in [0.1, 0.15) is 16.3 Å². The number of aryl methyl sites for hydroxylation is 2. The maximum Gasteiger partial charge on any atom is 0.235 e. The number of hydrogen-bond donors (Lipinski definition) is 0. The minimum absolute atomic E-state index is 0.713. The van der Waals surface area contributed by atoms with Crippen molar-refractivity contribution in [3.8, 4) is 17.3 Å². The molecule has 0 atom stereocenters.